The van der Waals surface area contributed by atoms with Gasteiger partial charge in [0, 0.05) is 18.1 Å². The van der Waals surface area contributed by atoms with Gasteiger partial charge in [0.1, 0.15) is 5.76 Å². The number of rotatable bonds is 11. The number of benzene rings is 2. The van der Waals surface area contributed by atoms with Gasteiger partial charge >= 0.3 is 29.8 Å². The van der Waals surface area contributed by atoms with E-state index in [1.807, 2.05) is 12.1 Å². The molecule has 2 aromatic rings. The van der Waals surface area contributed by atoms with Crippen LogP contribution in [-0.4, -0.2) is 71.1 Å². The van der Waals surface area contributed by atoms with Crippen LogP contribution in [0.3, 0.4) is 0 Å². The summed E-state index contributed by atoms with van der Waals surface area (Å²) in [5.74, 6) is -4.40. The minimum absolute atomic E-state index is 0.0569. The van der Waals surface area contributed by atoms with Crippen LogP contribution >= 0.6 is 0 Å². The Bertz CT molecular complexity index is 1720. The second-order valence-electron chi connectivity index (χ2n) is 13.1. The third-order valence-corrected chi connectivity index (χ3v) is 10.3. The predicted octanol–water partition coefficient (Wildman–Crippen LogP) is 3.48. The van der Waals surface area contributed by atoms with Gasteiger partial charge in [-0.3, -0.25) is 9.59 Å². The van der Waals surface area contributed by atoms with Crippen LogP contribution in [0.5, 0.6) is 11.5 Å². The number of hydrogen-bond donors (Lipinski definition) is 2. The summed E-state index contributed by atoms with van der Waals surface area (Å²) >= 11 is 0. The molecule has 13 heteroatoms. The van der Waals surface area contributed by atoms with E-state index in [-0.39, 0.29) is 29.6 Å². The van der Waals surface area contributed by atoms with Gasteiger partial charge in [-0.25, -0.2) is 14.4 Å². The Kier molecular flexibility index (Phi) is 8.91. The molecule has 1 heterocycles. The number of esters is 4. The molecule has 4 aliphatic rings. The number of aliphatic carboxylic acids is 1. The summed E-state index contributed by atoms with van der Waals surface area (Å²) in [4.78, 5) is 63.2. The minimum Gasteiger partial charge on any atom is -0.493 e. The third-order valence-electron chi connectivity index (χ3n) is 10.3. The maximum absolute atomic E-state index is 13.5. The molecule has 0 aromatic heterocycles. The van der Waals surface area contributed by atoms with Crippen molar-refractivity contribution >= 4 is 29.8 Å². The molecule has 6 rings (SSSR count). The Morgan fingerprint density at radius 1 is 1.02 bits per heavy atom. The predicted molar refractivity (Wildman–Crippen MR) is 167 cm³/mol. The number of ether oxygens (including phenoxy) is 6. The van der Waals surface area contributed by atoms with Crippen molar-refractivity contribution in [2.75, 3.05) is 7.11 Å². The van der Waals surface area contributed by atoms with Crippen molar-refractivity contribution in [2.45, 2.75) is 88.3 Å². The molecule has 8 atom stereocenters. The van der Waals surface area contributed by atoms with Crippen molar-refractivity contribution in [3.63, 3.8) is 0 Å². The zero-order chi connectivity index (χ0) is 35.2. The molecule has 0 amide bonds. The Labute approximate surface area is 282 Å². The molecule has 13 nitrogen and oxygen atoms in total. The lowest BCUT2D eigenvalue weighted by Crippen LogP contribution is -2.69. The number of carboxylic acids is 1. The van der Waals surface area contributed by atoms with Crippen LogP contribution in [0.1, 0.15) is 69.2 Å². The van der Waals surface area contributed by atoms with Crippen LogP contribution in [0.15, 0.2) is 54.3 Å². The first-order chi connectivity index (χ1) is 23.3. The molecule has 260 valence electrons. The fourth-order valence-electron chi connectivity index (χ4n) is 8.02. The topological polar surface area (TPSA) is 181 Å². The number of carbonyl (C=O) groups excluding carboxylic acids is 4. The van der Waals surface area contributed by atoms with Crippen LogP contribution in [0.2, 0.25) is 0 Å². The van der Waals surface area contributed by atoms with E-state index in [9.17, 15) is 34.2 Å². The molecule has 1 fully saturated rings. The first-order valence-corrected chi connectivity index (χ1v) is 16.2. The average Bonchev–Trinajstić information content (AvgIpc) is 3.42. The van der Waals surface area contributed by atoms with Crippen LogP contribution in [-0.2, 0) is 54.8 Å². The summed E-state index contributed by atoms with van der Waals surface area (Å²) < 4.78 is 33.5. The summed E-state index contributed by atoms with van der Waals surface area (Å²) in [6, 6.07) is 11.5. The molecule has 49 heavy (non-hydrogen) atoms. The third kappa shape index (κ3) is 5.69. The molecule has 0 saturated heterocycles. The number of hydrogen-bond acceptors (Lipinski definition) is 12. The maximum Gasteiger partial charge on any atom is 0.353 e. The monoisotopic (exact) mass is 678 g/mol. The van der Waals surface area contributed by atoms with Gasteiger partial charge in [0.05, 0.1) is 24.5 Å². The van der Waals surface area contributed by atoms with Gasteiger partial charge in [0.15, 0.2) is 23.7 Å². The van der Waals surface area contributed by atoms with Crippen molar-refractivity contribution in [1.29, 1.82) is 0 Å². The van der Waals surface area contributed by atoms with Crippen molar-refractivity contribution in [1.82, 2.24) is 0 Å². The van der Waals surface area contributed by atoms with Gasteiger partial charge in [-0.1, -0.05) is 43.3 Å². The summed E-state index contributed by atoms with van der Waals surface area (Å²) in [6.45, 7) is 4.30. The Morgan fingerprint density at radius 2 is 1.76 bits per heavy atom. The highest BCUT2D eigenvalue weighted by atomic mass is 16.6. The maximum atomic E-state index is 13.5. The highest BCUT2D eigenvalue weighted by Crippen LogP contribution is 2.68. The molecule has 1 unspecified atom stereocenters. The number of methoxy groups -OCH3 is 1. The lowest BCUT2D eigenvalue weighted by atomic mass is 9.45. The van der Waals surface area contributed by atoms with E-state index < -0.39 is 71.7 Å². The molecular weight excluding hydrogens is 640 g/mol. The molecule has 1 aliphatic heterocycles. The number of aliphatic hydroxyl groups is 1. The fourth-order valence-corrected chi connectivity index (χ4v) is 8.02. The van der Waals surface area contributed by atoms with Gasteiger partial charge in [-0.15, -0.1) is 0 Å². The lowest BCUT2D eigenvalue weighted by Gasteiger charge is -2.61. The second kappa shape index (κ2) is 12.8. The number of carboxylic acid groups (broad SMARTS) is 1. The summed E-state index contributed by atoms with van der Waals surface area (Å²) in [6.07, 6.45) is -2.87. The van der Waals surface area contributed by atoms with Gasteiger partial charge in [0.2, 0.25) is 12.2 Å². The van der Waals surface area contributed by atoms with E-state index in [1.165, 1.54) is 19.2 Å². The quantitative estimate of drug-likeness (QED) is 0.261. The van der Waals surface area contributed by atoms with E-state index in [1.54, 1.807) is 24.3 Å². The number of carbonyl (C=O) groups is 5. The summed E-state index contributed by atoms with van der Waals surface area (Å²) in [5, 5.41) is 21.6. The van der Waals surface area contributed by atoms with E-state index in [0.29, 0.717) is 24.3 Å². The van der Waals surface area contributed by atoms with Crippen molar-refractivity contribution in [3.8, 4) is 11.5 Å². The molecule has 1 spiro atoms. The van der Waals surface area contributed by atoms with Crippen LogP contribution in [0, 0.1) is 11.8 Å². The molecule has 3 aliphatic carbocycles. The Hall–Kier alpha value is -4.91. The van der Waals surface area contributed by atoms with Crippen molar-refractivity contribution in [3.05, 3.63) is 71.0 Å². The highest BCUT2D eigenvalue weighted by Gasteiger charge is 2.72. The smallest absolute Gasteiger partial charge is 0.353 e. The second-order valence-corrected chi connectivity index (χ2v) is 13.1. The summed E-state index contributed by atoms with van der Waals surface area (Å²) in [5.41, 5.74) is -0.00647. The molecule has 1 saturated carbocycles. The highest BCUT2D eigenvalue weighted by molar-refractivity contribution is 5.88. The SMILES string of the molecule is COc1ccc2c3c1O[C@H]1C(OC(=O)C[C@H](OC(C)=O)C(=O)O[C@H](C(=O)O[C@@H](C)C(=O)O)c4ccccc4)=CC[C@@]4(O)[C@@H](C2)C(C)CC[C@]314. The van der Waals surface area contributed by atoms with E-state index >= 15 is 0 Å². The first kappa shape index (κ1) is 34.0. The Balaban J connectivity index is 1.24. The van der Waals surface area contributed by atoms with Gasteiger partial charge in [-0.05, 0) is 62.1 Å². The Morgan fingerprint density at radius 3 is 2.43 bits per heavy atom. The zero-order valence-electron chi connectivity index (χ0n) is 27.5. The fraction of sp³-hybridized carbons (Fsp3) is 0.472. The molecule has 0 radical (unpaired) electrons. The van der Waals surface area contributed by atoms with Gasteiger partial charge in [0.25, 0.3) is 0 Å². The van der Waals surface area contributed by atoms with Gasteiger partial charge < -0.3 is 38.6 Å². The summed E-state index contributed by atoms with van der Waals surface area (Å²) in [7, 11) is 1.53. The minimum atomic E-state index is -1.83. The van der Waals surface area contributed by atoms with Crippen LogP contribution in [0.4, 0.5) is 0 Å². The lowest BCUT2D eigenvalue weighted by molar-refractivity contribution is -0.185. The largest absolute Gasteiger partial charge is 0.493 e. The van der Waals surface area contributed by atoms with E-state index in [2.05, 4.69) is 6.92 Å². The van der Waals surface area contributed by atoms with E-state index in [4.69, 9.17) is 28.4 Å². The van der Waals surface area contributed by atoms with Crippen molar-refractivity contribution < 1.29 is 62.6 Å². The molecule has 2 aromatic carbocycles. The van der Waals surface area contributed by atoms with Crippen LogP contribution < -0.4 is 9.47 Å². The zero-order valence-corrected chi connectivity index (χ0v) is 27.5. The molecule has 2 bridgehead atoms. The molecule has 2 N–H and O–H groups in total. The van der Waals surface area contributed by atoms with Gasteiger partial charge in [-0.2, -0.15) is 0 Å². The molecular formula is C36H38O13. The average molecular weight is 679 g/mol. The van der Waals surface area contributed by atoms with Crippen molar-refractivity contribution in [2.24, 2.45) is 11.8 Å². The standard InChI is InChI=1S/C36H38O13/c1-18-12-14-35-28-22-10-11-24(44-4)30(28)48-31(35)25(13-15-36(35,43)23(18)16-22)47-27(38)17-26(46-20(3)37)33(41)49-29(21-8-6-5-7-9-21)34(42)45-19(2)32(39)40/h5-11,13,18-19,23,26,29,31,43H,12,14-17H2,1-4H3,(H,39,40)/t18?,19-,23-,26-,29-,31-,35-,36+/m0/s1. The first-order valence-electron chi connectivity index (χ1n) is 16.2. The van der Waals surface area contributed by atoms with Crippen LogP contribution in [0.25, 0.3) is 0 Å². The van der Waals surface area contributed by atoms with E-state index in [0.717, 1.165) is 31.4 Å². The normalized spacial score (nSPS) is 27.5.